The number of hydrogen-bond acceptors (Lipinski definition) is 5. The van der Waals surface area contributed by atoms with E-state index in [-0.39, 0.29) is 24.1 Å². The van der Waals surface area contributed by atoms with E-state index in [1.807, 2.05) is 0 Å². The van der Waals surface area contributed by atoms with Gasteiger partial charge in [0.05, 0.1) is 19.6 Å². The molecule has 0 fully saturated rings. The number of carbonyl (C=O) groups is 1. The van der Waals surface area contributed by atoms with Gasteiger partial charge >= 0.3 is 5.97 Å². The first-order valence-corrected chi connectivity index (χ1v) is 4.77. The van der Waals surface area contributed by atoms with Crippen LogP contribution in [0.3, 0.4) is 0 Å². The third-order valence-electron chi connectivity index (χ3n) is 1.99. The Hall–Kier alpha value is -1.76. The van der Waals surface area contributed by atoms with Crippen LogP contribution in [-0.2, 0) is 22.5 Å². The average molecular weight is 227 g/mol. The molecule has 1 aromatic rings. The molecule has 0 aliphatic carbocycles. The van der Waals surface area contributed by atoms with Crippen molar-refractivity contribution < 1.29 is 14.6 Å². The Morgan fingerprint density at radius 3 is 3.00 bits per heavy atom. The van der Waals surface area contributed by atoms with Crippen molar-refractivity contribution in [1.29, 1.82) is 0 Å². The molecule has 0 radical (unpaired) electrons. The van der Waals surface area contributed by atoms with E-state index in [4.69, 9.17) is 9.84 Å². The monoisotopic (exact) mass is 227 g/mol. The first kappa shape index (κ1) is 12.3. The van der Waals surface area contributed by atoms with Gasteiger partial charge in [-0.1, -0.05) is 0 Å². The maximum absolute atomic E-state index is 11.7. The first-order chi connectivity index (χ1) is 7.65. The number of aliphatic carboxylic acids is 1. The predicted octanol–water partition coefficient (Wildman–Crippen LogP) is -0.698. The maximum atomic E-state index is 11.7. The highest BCUT2D eigenvalue weighted by molar-refractivity contribution is 5.66. The number of aryl methyl sites for hydroxylation is 1. The number of aromatic nitrogens is 3. The van der Waals surface area contributed by atoms with Crippen LogP contribution < -0.4 is 5.56 Å². The summed E-state index contributed by atoms with van der Waals surface area (Å²) in [5.41, 5.74) is -0.144. The average Bonchev–Trinajstić information content (AvgIpc) is 2.26. The minimum absolute atomic E-state index is 0.0923. The Morgan fingerprint density at radius 2 is 2.38 bits per heavy atom. The molecular formula is C9H13N3O4. The fourth-order valence-corrected chi connectivity index (χ4v) is 1.15. The highest BCUT2D eigenvalue weighted by atomic mass is 16.5. The zero-order chi connectivity index (χ0) is 12.0. The van der Waals surface area contributed by atoms with Crippen LogP contribution in [0.5, 0.6) is 0 Å². The number of nitrogens with zero attached hydrogens (tertiary/aromatic N) is 3. The second kappa shape index (κ2) is 5.96. The lowest BCUT2D eigenvalue weighted by Gasteiger charge is -2.04. The molecule has 0 spiro atoms. The van der Waals surface area contributed by atoms with Crippen molar-refractivity contribution in [2.75, 3.05) is 13.7 Å². The van der Waals surface area contributed by atoms with E-state index in [1.165, 1.54) is 18.0 Å². The topological polar surface area (TPSA) is 94.3 Å². The van der Waals surface area contributed by atoms with Crippen molar-refractivity contribution >= 4 is 5.97 Å². The van der Waals surface area contributed by atoms with Gasteiger partial charge in [-0.05, 0) is 0 Å². The SMILES string of the molecule is COCCn1cnnc(CCC(=O)O)c1=O. The summed E-state index contributed by atoms with van der Waals surface area (Å²) in [5, 5.41) is 15.8. The largest absolute Gasteiger partial charge is 0.481 e. The highest BCUT2D eigenvalue weighted by Gasteiger charge is 2.07. The van der Waals surface area contributed by atoms with Gasteiger partial charge in [0.1, 0.15) is 12.0 Å². The number of methoxy groups -OCH3 is 1. The fraction of sp³-hybridized carbons (Fsp3) is 0.556. The third-order valence-corrected chi connectivity index (χ3v) is 1.99. The molecule has 0 saturated carbocycles. The number of ether oxygens (including phenoxy) is 1. The summed E-state index contributed by atoms with van der Waals surface area (Å²) in [6.07, 6.45) is 1.28. The molecular weight excluding hydrogens is 214 g/mol. The van der Waals surface area contributed by atoms with Gasteiger partial charge in [0.15, 0.2) is 0 Å². The quantitative estimate of drug-likeness (QED) is 0.690. The van der Waals surface area contributed by atoms with Crippen LogP contribution in [-0.4, -0.2) is 39.6 Å². The second-order valence-electron chi connectivity index (χ2n) is 3.16. The molecule has 0 atom stereocenters. The lowest BCUT2D eigenvalue weighted by atomic mass is 10.2. The molecule has 0 unspecified atom stereocenters. The Bertz CT molecular complexity index is 415. The standard InChI is InChI=1S/C9H13N3O4/c1-16-5-4-12-6-10-11-7(9(12)15)2-3-8(13)14/h6H,2-5H2,1H3,(H,13,14). The summed E-state index contributed by atoms with van der Waals surface area (Å²) in [7, 11) is 1.53. The summed E-state index contributed by atoms with van der Waals surface area (Å²) in [4.78, 5) is 22.1. The Balaban J connectivity index is 2.78. The molecule has 0 saturated heterocycles. The van der Waals surface area contributed by atoms with E-state index in [2.05, 4.69) is 10.2 Å². The number of carboxylic acids is 1. The maximum Gasteiger partial charge on any atom is 0.303 e. The van der Waals surface area contributed by atoms with E-state index >= 15 is 0 Å². The van der Waals surface area contributed by atoms with Crippen molar-refractivity contribution in [3.8, 4) is 0 Å². The smallest absolute Gasteiger partial charge is 0.303 e. The van der Waals surface area contributed by atoms with E-state index in [0.717, 1.165) is 0 Å². The van der Waals surface area contributed by atoms with E-state index in [0.29, 0.717) is 13.2 Å². The van der Waals surface area contributed by atoms with Crippen LogP contribution in [0.15, 0.2) is 11.1 Å². The number of rotatable bonds is 6. The van der Waals surface area contributed by atoms with Gasteiger partial charge in [0, 0.05) is 13.5 Å². The summed E-state index contributed by atoms with van der Waals surface area (Å²) < 4.78 is 6.19. The van der Waals surface area contributed by atoms with Gasteiger partial charge in [-0.15, -0.1) is 10.2 Å². The lowest BCUT2D eigenvalue weighted by Crippen LogP contribution is -2.27. The van der Waals surface area contributed by atoms with Crippen molar-refractivity contribution in [2.24, 2.45) is 0 Å². The molecule has 16 heavy (non-hydrogen) atoms. The summed E-state index contributed by atoms with van der Waals surface area (Å²) in [6, 6.07) is 0. The minimum atomic E-state index is -0.964. The molecule has 1 N–H and O–H groups in total. The molecule has 1 aromatic heterocycles. The van der Waals surface area contributed by atoms with Crippen molar-refractivity contribution in [3.63, 3.8) is 0 Å². The first-order valence-electron chi connectivity index (χ1n) is 4.77. The van der Waals surface area contributed by atoms with Crippen molar-refractivity contribution in [3.05, 3.63) is 22.4 Å². The molecule has 88 valence electrons. The Morgan fingerprint density at radius 1 is 1.62 bits per heavy atom. The lowest BCUT2D eigenvalue weighted by molar-refractivity contribution is -0.136. The summed E-state index contributed by atoms with van der Waals surface area (Å²) in [5.74, 6) is -0.964. The predicted molar refractivity (Wildman–Crippen MR) is 54.1 cm³/mol. The van der Waals surface area contributed by atoms with Crippen molar-refractivity contribution in [1.82, 2.24) is 14.8 Å². The van der Waals surface area contributed by atoms with Crippen LogP contribution in [0, 0.1) is 0 Å². The number of carboxylic acid groups (broad SMARTS) is 1. The van der Waals surface area contributed by atoms with E-state index in [1.54, 1.807) is 0 Å². The zero-order valence-corrected chi connectivity index (χ0v) is 8.92. The number of hydrogen-bond donors (Lipinski definition) is 1. The van der Waals surface area contributed by atoms with Gasteiger partial charge in [-0.3, -0.25) is 14.2 Å². The van der Waals surface area contributed by atoms with E-state index < -0.39 is 5.97 Å². The molecule has 0 amide bonds. The molecule has 0 aliphatic rings. The molecule has 1 rings (SSSR count). The Kier molecular flexibility index (Phi) is 4.59. The van der Waals surface area contributed by atoms with Crippen LogP contribution in [0.4, 0.5) is 0 Å². The summed E-state index contributed by atoms with van der Waals surface area (Å²) >= 11 is 0. The van der Waals surface area contributed by atoms with Gasteiger partial charge in [0.25, 0.3) is 5.56 Å². The normalized spacial score (nSPS) is 10.3. The van der Waals surface area contributed by atoms with Gasteiger partial charge in [0.2, 0.25) is 0 Å². The Labute approximate surface area is 91.7 Å². The van der Waals surface area contributed by atoms with Gasteiger partial charge < -0.3 is 9.84 Å². The third kappa shape index (κ3) is 3.43. The fourth-order valence-electron chi connectivity index (χ4n) is 1.15. The minimum Gasteiger partial charge on any atom is -0.481 e. The second-order valence-corrected chi connectivity index (χ2v) is 3.16. The van der Waals surface area contributed by atoms with Crippen LogP contribution in [0.25, 0.3) is 0 Å². The van der Waals surface area contributed by atoms with Crippen LogP contribution >= 0.6 is 0 Å². The van der Waals surface area contributed by atoms with Gasteiger partial charge in [-0.25, -0.2) is 0 Å². The molecule has 0 aliphatic heterocycles. The summed E-state index contributed by atoms with van der Waals surface area (Å²) in [6.45, 7) is 0.773. The zero-order valence-electron chi connectivity index (χ0n) is 8.92. The van der Waals surface area contributed by atoms with E-state index in [9.17, 15) is 9.59 Å². The molecule has 7 nitrogen and oxygen atoms in total. The molecule has 1 heterocycles. The highest BCUT2D eigenvalue weighted by Crippen LogP contribution is 1.91. The molecule has 0 aromatic carbocycles. The molecule has 7 heteroatoms. The van der Waals surface area contributed by atoms with Crippen molar-refractivity contribution in [2.45, 2.75) is 19.4 Å². The molecule has 0 bridgehead atoms. The van der Waals surface area contributed by atoms with Crippen LogP contribution in [0.1, 0.15) is 12.1 Å². The van der Waals surface area contributed by atoms with Crippen LogP contribution in [0.2, 0.25) is 0 Å². The van der Waals surface area contributed by atoms with Gasteiger partial charge in [-0.2, -0.15) is 0 Å².